The zero-order valence-electron chi connectivity index (χ0n) is 24.1. The minimum absolute atomic E-state index is 0.272. The Hall–Kier alpha value is -4.18. The molecule has 42 heavy (non-hydrogen) atoms. The molecular weight excluding hydrogens is 547 g/mol. The molecule has 224 valence electrons. The lowest BCUT2D eigenvalue weighted by molar-refractivity contribution is -0.137. The van der Waals surface area contributed by atoms with Crippen molar-refractivity contribution in [3.63, 3.8) is 0 Å². The highest BCUT2D eigenvalue weighted by molar-refractivity contribution is 5.89. The number of amides is 1. The third-order valence-electron chi connectivity index (χ3n) is 6.81. The van der Waals surface area contributed by atoms with Crippen molar-refractivity contribution in [2.24, 2.45) is 0 Å². The highest BCUT2D eigenvalue weighted by atomic mass is 19.4. The third kappa shape index (κ3) is 8.19. The summed E-state index contributed by atoms with van der Waals surface area (Å²) in [5.74, 6) is 0.924. The van der Waals surface area contributed by atoms with Crippen molar-refractivity contribution in [1.29, 1.82) is 0 Å². The number of hydrogen-bond acceptors (Lipinski definition) is 5. The molecule has 1 heterocycles. The molecule has 2 unspecified atom stereocenters. The van der Waals surface area contributed by atoms with Gasteiger partial charge in [0.2, 0.25) is 6.29 Å². The van der Waals surface area contributed by atoms with Crippen molar-refractivity contribution in [3.05, 3.63) is 95.7 Å². The van der Waals surface area contributed by atoms with E-state index in [1.54, 1.807) is 14.0 Å². The van der Waals surface area contributed by atoms with E-state index in [-0.39, 0.29) is 6.54 Å². The fourth-order valence-corrected chi connectivity index (χ4v) is 4.54. The fraction of sp³-hybridized carbons (Fsp3) is 0.344. The van der Waals surface area contributed by atoms with Gasteiger partial charge in [0, 0.05) is 50.6 Å². The molecule has 4 rings (SSSR count). The van der Waals surface area contributed by atoms with Gasteiger partial charge in [-0.3, -0.25) is 0 Å². The maximum atomic E-state index is 13.0. The molecule has 0 saturated heterocycles. The number of carbonyl (C=O) groups is 1. The van der Waals surface area contributed by atoms with E-state index in [0.717, 1.165) is 47.1 Å². The predicted molar refractivity (Wildman–Crippen MR) is 156 cm³/mol. The molecule has 7 nitrogen and oxygen atoms in total. The number of alkyl halides is 3. The molecule has 10 heteroatoms. The van der Waals surface area contributed by atoms with Crippen LogP contribution in [0.5, 0.6) is 11.5 Å². The minimum Gasteiger partial charge on any atom is -0.486 e. The number of hydrogen-bond donors (Lipinski definition) is 1. The minimum atomic E-state index is -4.43. The lowest BCUT2D eigenvalue weighted by Gasteiger charge is -2.24. The molecule has 2 atom stereocenters. The van der Waals surface area contributed by atoms with Gasteiger partial charge in [0.25, 0.3) is 0 Å². The molecule has 1 N–H and O–H groups in total. The van der Waals surface area contributed by atoms with E-state index in [1.165, 1.54) is 17.0 Å². The van der Waals surface area contributed by atoms with E-state index in [4.69, 9.17) is 14.2 Å². The first-order valence-electron chi connectivity index (χ1n) is 13.7. The zero-order valence-corrected chi connectivity index (χ0v) is 24.1. The molecule has 4 aromatic rings. The summed E-state index contributed by atoms with van der Waals surface area (Å²) in [6.45, 7) is 2.81. The van der Waals surface area contributed by atoms with Crippen molar-refractivity contribution in [1.82, 2.24) is 14.8 Å². The summed E-state index contributed by atoms with van der Waals surface area (Å²) in [5.41, 5.74) is 2.14. The Morgan fingerprint density at radius 1 is 0.905 bits per heavy atom. The Kier molecular flexibility index (Phi) is 10.0. The van der Waals surface area contributed by atoms with E-state index < -0.39 is 30.2 Å². The summed E-state index contributed by atoms with van der Waals surface area (Å²) < 4.78 is 56.6. The van der Waals surface area contributed by atoms with Gasteiger partial charge in [-0.25, -0.2) is 4.79 Å². The first kappa shape index (κ1) is 30.8. The summed E-state index contributed by atoms with van der Waals surface area (Å²) in [5, 5.41) is 0.960. The number of aromatic amines is 1. The first-order valence-corrected chi connectivity index (χ1v) is 13.7. The van der Waals surface area contributed by atoms with Crippen molar-refractivity contribution >= 4 is 17.0 Å². The van der Waals surface area contributed by atoms with Crippen LogP contribution < -0.4 is 9.47 Å². The van der Waals surface area contributed by atoms with Crippen LogP contribution in [0.15, 0.2) is 79.0 Å². The van der Waals surface area contributed by atoms with Gasteiger partial charge in [0.15, 0.2) is 0 Å². The van der Waals surface area contributed by atoms with Crippen molar-refractivity contribution in [3.8, 4) is 11.5 Å². The Bertz CT molecular complexity index is 1440. The number of carbonyl (C=O) groups excluding carboxylic acids is 1. The molecule has 0 aliphatic carbocycles. The second-order valence-corrected chi connectivity index (χ2v) is 10.4. The number of halogens is 3. The zero-order chi connectivity index (χ0) is 30.3. The summed E-state index contributed by atoms with van der Waals surface area (Å²) in [4.78, 5) is 19.7. The van der Waals surface area contributed by atoms with E-state index >= 15 is 0 Å². The van der Waals surface area contributed by atoms with Crippen molar-refractivity contribution in [2.75, 3.05) is 34.2 Å². The average Bonchev–Trinajstić information content (AvgIpc) is 3.38. The average molecular weight is 584 g/mol. The molecule has 0 aliphatic heterocycles. The Balaban J connectivity index is 1.37. The van der Waals surface area contributed by atoms with E-state index in [2.05, 4.69) is 9.88 Å². The molecule has 0 spiro atoms. The van der Waals surface area contributed by atoms with E-state index in [1.807, 2.05) is 68.8 Å². The molecule has 0 radical (unpaired) electrons. The standard InChI is InChI=1S/C32H36F3N3O4/c1-22(40-29-12-8-11-27-30(29)24(21-36-27)17-19-37(2)3)41-31(39)38(4)20-18-28(23-9-6-5-7-10-23)42-26-15-13-25(14-16-26)32(33,34)35/h5-16,21-22,28,36H,17-20H2,1-4H3. The number of nitrogens with zero attached hydrogens (tertiary/aromatic N) is 2. The Labute approximate surface area is 243 Å². The normalized spacial score (nSPS) is 13.1. The molecule has 0 bridgehead atoms. The van der Waals surface area contributed by atoms with Gasteiger partial charge in [-0.2, -0.15) is 13.2 Å². The van der Waals surface area contributed by atoms with Gasteiger partial charge in [0.05, 0.1) is 5.56 Å². The maximum Gasteiger partial charge on any atom is 0.416 e. The second-order valence-electron chi connectivity index (χ2n) is 10.4. The highest BCUT2D eigenvalue weighted by Gasteiger charge is 2.30. The largest absolute Gasteiger partial charge is 0.486 e. The number of benzene rings is 3. The molecule has 3 aromatic carbocycles. The van der Waals surface area contributed by atoms with E-state index in [9.17, 15) is 18.0 Å². The fourth-order valence-electron chi connectivity index (χ4n) is 4.54. The van der Waals surface area contributed by atoms with Gasteiger partial charge < -0.3 is 29.0 Å². The van der Waals surface area contributed by atoms with Gasteiger partial charge in [-0.15, -0.1) is 0 Å². The summed E-state index contributed by atoms with van der Waals surface area (Å²) in [6.07, 6.45) is -3.16. The van der Waals surface area contributed by atoms with Crippen LogP contribution in [0.4, 0.5) is 18.0 Å². The monoisotopic (exact) mass is 583 g/mol. The quantitative estimate of drug-likeness (QED) is 0.177. The SMILES string of the molecule is CC(OC(=O)N(C)CCC(Oc1ccc(C(F)(F)F)cc1)c1ccccc1)Oc1cccc2[nH]cc(CCN(C)C)c12. The number of rotatable bonds is 12. The lowest BCUT2D eigenvalue weighted by atomic mass is 10.1. The van der Waals surface area contributed by atoms with Gasteiger partial charge in [0.1, 0.15) is 17.6 Å². The van der Waals surface area contributed by atoms with Crippen LogP contribution in [-0.2, 0) is 17.3 Å². The van der Waals surface area contributed by atoms with E-state index in [0.29, 0.717) is 17.9 Å². The van der Waals surface area contributed by atoms with Crippen molar-refractivity contribution in [2.45, 2.75) is 38.3 Å². The number of likely N-dealkylation sites (N-methyl/N-ethyl adjacent to an activating group) is 1. The molecule has 1 aromatic heterocycles. The Morgan fingerprint density at radius 3 is 2.29 bits per heavy atom. The van der Waals surface area contributed by atoms with Crippen LogP contribution >= 0.6 is 0 Å². The van der Waals surface area contributed by atoms with Crippen molar-refractivity contribution < 1.29 is 32.2 Å². The number of nitrogens with one attached hydrogen (secondary N) is 1. The van der Waals surface area contributed by atoms with Crippen LogP contribution in [0.25, 0.3) is 10.9 Å². The Morgan fingerprint density at radius 2 is 1.62 bits per heavy atom. The number of aromatic nitrogens is 1. The van der Waals surface area contributed by atoms with Gasteiger partial charge in [-0.05, 0) is 68.0 Å². The number of fused-ring (bicyclic) bond motifs is 1. The van der Waals surface area contributed by atoms with Gasteiger partial charge in [-0.1, -0.05) is 36.4 Å². The number of ether oxygens (including phenoxy) is 3. The lowest BCUT2D eigenvalue weighted by Crippen LogP contribution is -2.33. The summed E-state index contributed by atoms with van der Waals surface area (Å²) in [7, 11) is 5.65. The number of H-pyrrole nitrogens is 1. The second kappa shape index (κ2) is 13.7. The molecule has 0 fully saturated rings. The van der Waals surface area contributed by atoms with Gasteiger partial charge >= 0.3 is 12.3 Å². The molecule has 1 amide bonds. The summed E-state index contributed by atoms with van der Waals surface area (Å²) >= 11 is 0. The summed E-state index contributed by atoms with van der Waals surface area (Å²) in [6, 6.07) is 19.6. The highest BCUT2D eigenvalue weighted by Crippen LogP contribution is 2.33. The molecule has 0 aliphatic rings. The third-order valence-corrected chi connectivity index (χ3v) is 6.81. The first-order chi connectivity index (χ1) is 20.0. The topological polar surface area (TPSA) is 67.0 Å². The van der Waals surface area contributed by atoms with Crippen LogP contribution in [0.2, 0.25) is 0 Å². The molecular formula is C32H36F3N3O4. The van der Waals surface area contributed by atoms with Crippen LogP contribution in [0.3, 0.4) is 0 Å². The van der Waals surface area contributed by atoms with Crippen LogP contribution in [0.1, 0.15) is 36.1 Å². The van der Waals surface area contributed by atoms with Crippen LogP contribution in [-0.4, -0.2) is 61.4 Å². The molecule has 0 saturated carbocycles. The van der Waals surface area contributed by atoms with Crippen LogP contribution in [0, 0.1) is 0 Å². The predicted octanol–water partition coefficient (Wildman–Crippen LogP) is 7.29. The smallest absolute Gasteiger partial charge is 0.416 e. The maximum absolute atomic E-state index is 13.0.